The topological polar surface area (TPSA) is 46.5 Å². The van der Waals surface area contributed by atoms with Crippen molar-refractivity contribution in [1.29, 1.82) is 0 Å². The highest BCUT2D eigenvalue weighted by molar-refractivity contribution is 5.80. The van der Waals surface area contributed by atoms with Crippen molar-refractivity contribution in [3.8, 4) is 0 Å². The molecular formula is C30H48O3. The van der Waals surface area contributed by atoms with Crippen molar-refractivity contribution in [2.75, 3.05) is 0 Å². The number of ether oxygens (including phenoxy) is 1. The van der Waals surface area contributed by atoms with Gasteiger partial charge in [-0.2, -0.15) is 0 Å². The van der Waals surface area contributed by atoms with E-state index in [1.807, 2.05) is 0 Å². The Morgan fingerprint density at radius 1 is 0.788 bits per heavy atom. The lowest BCUT2D eigenvalue weighted by Gasteiger charge is -2.75. The monoisotopic (exact) mass is 456 g/mol. The van der Waals surface area contributed by atoms with Crippen LogP contribution in [0.1, 0.15) is 113 Å². The Morgan fingerprint density at radius 3 is 2.18 bits per heavy atom. The van der Waals surface area contributed by atoms with E-state index in [1.165, 1.54) is 38.5 Å². The number of aliphatic hydroxyl groups excluding tert-OH is 1. The van der Waals surface area contributed by atoms with E-state index < -0.39 is 0 Å². The van der Waals surface area contributed by atoms with Gasteiger partial charge < -0.3 is 9.84 Å². The SMILES string of the molecule is CC1C2C3CCC4C5(C)CCC(O)C(C)(C)C5CCC4(C)C3(C)CCC23CCC1(C)OC3=O. The molecular weight excluding hydrogens is 408 g/mol. The molecule has 2 aliphatic heterocycles. The van der Waals surface area contributed by atoms with Gasteiger partial charge in [0.2, 0.25) is 0 Å². The van der Waals surface area contributed by atoms with Crippen molar-refractivity contribution >= 4 is 5.97 Å². The average molecular weight is 457 g/mol. The van der Waals surface area contributed by atoms with Gasteiger partial charge in [0.15, 0.2) is 0 Å². The summed E-state index contributed by atoms with van der Waals surface area (Å²) < 4.78 is 6.15. The summed E-state index contributed by atoms with van der Waals surface area (Å²) in [6, 6.07) is 0. The van der Waals surface area contributed by atoms with Crippen molar-refractivity contribution in [3.05, 3.63) is 0 Å². The molecule has 0 amide bonds. The summed E-state index contributed by atoms with van der Waals surface area (Å²) in [4.78, 5) is 13.4. The number of carbonyl (C=O) groups is 1. The molecule has 3 heteroatoms. The maximum atomic E-state index is 13.4. The fourth-order valence-electron chi connectivity index (χ4n) is 12.0. The molecule has 11 unspecified atom stereocenters. The van der Waals surface area contributed by atoms with Gasteiger partial charge in [-0.15, -0.1) is 0 Å². The van der Waals surface area contributed by atoms with Crippen LogP contribution in [0.15, 0.2) is 0 Å². The summed E-state index contributed by atoms with van der Waals surface area (Å²) in [5.74, 6) is 3.07. The largest absolute Gasteiger partial charge is 0.459 e. The molecule has 1 spiro atoms. The average Bonchev–Trinajstić information content (AvgIpc) is 2.73. The molecule has 7 fully saturated rings. The number of aliphatic hydroxyl groups is 1. The highest BCUT2D eigenvalue weighted by Gasteiger charge is 2.74. The maximum absolute atomic E-state index is 13.4. The fourth-order valence-corrected chi connectivity index (χ4v) is 12.0. The fraction of sp³-hybridized carbons (Fsp3) is 0.967. The lowest BCUT2D eigenvalue weighted by atomic mass is 9.30. The van der Waals surface area contributed by atoms with Crippen molar-refractivity contribution in [2.45, 2.75) is 124 Å². The van der Waals surface area contributed by atoms with Crippen LogP contribution in [-0.4, -0.2) is 22.8 Å². The molecule has 0 aromatic carbocycles. The third-order valence-corrected chi connectivity index (χ3v) is 14.4. The van der Waals surface area contributed by atoms with E-state index in [2.05, 4.69) is 48.5 Å². The van der Waals surface area contributed by atoms with Crippen LogP contribution in [0.2, 0.25) is 0 Å². The second-order valence-electron chi connectivity index (χ2n) is 15.2. The summed E-state index contributed by atoms with van der Waals surface area (Å²) in [6.45, 7) is 17.2. The van der Waals surface area contributed by atoms with Crippen LogP contribution in [0.5, 0.6) is 0 Å². The number of carbonyl (C=O) groups excluding carboxylic acids is 1. The van der Waals surface area contributed by atoms with E-state index in [-0.39, 0.29) is 28.5 Å². The van der Waals surface area contributed by atoms with Crippen molar-refractivity contribution in [2.24, 2.45) is 56.7 Å². The Morgan fingerprint density at radius 2 is 1.48 bits per heavy atom. The standard InChI is InChI=1S/C30H48O3/c1-18-23-19-8-9-21-26(4)12-11-22(31)25(2,3)20(26)10-13-28(21,6)27(19,5)14-16-30(23)17-15-29(18,7)33-24(30)32/h18-23,31H,8-17H2,1-7H3. The second-order valence-corrected chi connectivity index (χ2v) is 15.2. The molecule has 5 aliphatic carbocycles. The first kappa shape index (κ1) is 22.9. The molecule has 0 aromatic rings. The molecule has 1 N–H and O–H groups in total. The Balaban J connectivity index is 1.41. The second kappa shape index (κ2) is 6.40. The molecule has 0 aromatic heterocycles. The van der Waals surface area contributed by atoms with Gasteiger partial charge in [-0.3, -0.25) is 4.79 Å². The van der Waals surface area contributed by atoms with Gasteiger partial charge in [0.05, 0.1) is 11.5 Å². The minimum atomic E-state index is -0.257. The van der Waals surface area contributed by atoms with Crippen LogP contribution < -0.4 is 0 Å². The molecule has 2 saturated heterocycles. The van der Waals surface area contributed by atoms with E-state index >= 15 is 0 Å². The quantitative estimate of drug-likeness (QED) is 0.409. The third-order valence-electron chi connectivity index (χ3n) is 14.4. The van der Waals surface area contributed by atoms with Gasteiger partial charge in [-0.1, -0.05) is 41.5 Å². The van der Waals surface area contributed by atoms with Gasteiger partial charge in [0.1, 0.15) is 5.60 Å². The Kier molecular flexibility index (Phi) is 4.44. The van der Waals surface area contributed by atoms with Crippen molar-refractivity contribution in [3.63, 3.8) is 0 Å². The summed E-state index contributed by atoms with van der Waals surface area (Å²) in [5.41, 5.74) is 0.485. The third kappa shape index (κ3) is 2.40. The van der Waals surface area contributed by atoms with Crippen molar-refractivity contribution < 1.29 is 14.6 Å². The summed E-state index contributed by atoms with van der Waals surface area (Å²) in [6.07, 6.45) is 11.4. The van der Waals surface area contributed by atoms with Crippen LogP contribution in [0.3, 0.4) is 0 Å². The van der Waals surface area contributed by atoms with E-state index in [0.717, 1.165) is 31.6 Å². The summed E-state index contributed by atoms with van der Waals surface area (Å²) in [5, 5.41) is 10.9. The van der Waals surface area contributed by atoms with E-state index in [0.29, 0.717) is 39.9 Å². The lowest BCUT2D eigenvalue weighted by Crippen LogP contribution is -2.72. The smallest absolute Gasteiger partial charge is 0.312 e. The number of hydrogen-bond donors (Lipinski definition) is 1. The lowest BCUT2D eigenvalue weighted by molar-refractivity contribution is -0.289. The Hall–Kier alpha value is -0.570. The molecule has 5 saturated carbocycles. The van der Waals surface area contributed by atoms with Crippen LogP contribution in [-0.2, 0) is 9.53 Å². The molecule has 7 aliphatic rings. The minimum absolute atomic E-state index is 0.0120. The molecule has 3 nitrogen and oxygen atoms in total. The molecule has 186 valence electrons. The first-order valence-electron chi connectivity index (χ1n) is 14.2. The number of hydrogen-bond acceptors (Lipinski definition) is 3. The van der Waals surface area contributed by atoms with E-state index in [1.54, 1.807) is 0 Å². The molecule has 11 atom stereocenters. The zero-order valence-electron chi connectivity index (χ0n) is 22.3. The normalized spacial score (nSPS) is 61.3. The Bertz CT molecular complexity index is 880. The zero-order valence-corrected chi connectivity index (χ0v) is 22.3. The molecule has 2 bridgehead atoms. The summed E-state index contributed by atoms with van der Waals surface area (Å²) >= 11 is 0. The van der Waals surface area contributed by atoms with Crippen LogP contribution >= 0.6 is 0 Å². The number of rotatable bonds is 0. The summed E-state index contributed by atoms with van der Waals surface area (Å²) in [7, 11) is 0. The van der Waals surface area contributed by atoms with Gasteiger partial charge in [0.25, 0.3) is 0 Å². The maximum Gasteiger partial charge on any atom is 0.312 e. The van der Waals surface area contributed by atoms with Crippen LogP contribution in [0, 0.1) is 56.7 Å². The minimum Gasteiger partial charge on any atom is -0.459 e. The predicted octanol–water partition coefficient (Wildman–Crippen LogP) is 6.76. The van der Waals surface area contributed by atoms with Gasteiger partial charge >= 0.3 is 5.97 Å². The molecule has 2 heterocycles. The first-order chi connectivity index (χ1) is 15.3. The molecule has 33 heavy (non-hydrogen) atoms. The predicted molar refractivity (Wildman–Crippen MR) is 130 cm³/mol. The Labute approximate surface area is 201 Å². The zero-order chi connectivity index (χ0) is 23.8. The van der Waals surface area contributed by atoms with Gasteiger partial charge in [-0.05, 0) is 122 Å². The highest BCUT2D eigenvalue weighted by atomic mass is 16.6. The first-order valence-corrected chi connectivity index (χ1v) is 14.2. The van der Waals surface area contributed by atoms with Crippen LogP contribution in [0.4, 0.5) is 0 Å². The van der Waals surface area contributed by atoms with Gasteiger partial charge in [-0.25, -0.2) is 0 Å². The highest BCUT2D eigenvalue weighted by Crippen LogP contribution is 2.78. The van der Waals surface area contributed by atoms with Gasteiger partial charge in [0, 0.05) is 0 Å². The van der Waals surface area contributed by atoms with Crippen LogP contribution in [0.25, 0.3) is 0 Å². The van der Waals surface area contributed by atoms with E-state index in [4.69, 9.17) is 4.74 Å². The number of fused-ring (bicyclic) bond motifs is 7. The molecule has 7 rings (SSSR count). The van der Waals surface area contributed by atoms with Crippen molar-refractivity contribution in [1.82, 2.24) is 0 Å². The number of esters is 1. The molecule has 0 radical (unpaired) electrons. The van der Waals surface area contributed by atoms with E-state index in [9.17, 15) is 9.90 Å².